The van der Waals surface area contributed by atoms with E-state index >= 15 is 0 Å². The van der Waals surface area contributed by atoms with Crippen LogP contribution in [0.15, 0.2) is 18.5 Å². The van der Waals surface area contributed by atoms with Crippen LogP contribution in [0.3, 0.4) is 0 Å². The smallest absolute Gasteiger partial charge is 0.216 e. The number of fused-ring (bicyclic) bond motifs is 1. The van der Waals surface area contributed by atoms with Crippen molar-refractivity contribution < 1.29 is 13.2 Å². The lowest BCUT2D eigenvalue weighted by molar-refractivity contribution is 0.498. The Morgan fingerprint density at radius 1 is 1.09 bits per heavy atom. The summed E-state index contributed by atoms with van der Waals surface area (Å²) in [6.07, 6.45) is 1.82. The molecule has 0 spiro atoms. The van der Waals surface area contributed by atoms with Gasteiger partial charge in [-0.05, 0) is 31.4 Å². The van der Waals surface area contributed by atoms with E-state index in [9.17, 15) is 13.2 Å². The molecule has 0 amide bonds. The van der Waals surface area contributed by atoms with Gasteiger partial charge in [0.2, 0.25) is 0 Å². The number of aryl methyl sites for hydroxylation is 1. The summed E-state index contributed by atoms with van der Waals surface area (Å²) < 4.78 is 43.6. The van der Waals surface area contributed by atoms with E-state index < -0.39 is 23.0 Å². The van der Waals surface area contributed by atoms with Gasteiger partial charge in [-0.15, -0.1) is 0 Å². The molecule has 1 aromatic carbocycles. The predicted molar refractivity (Wildman–Crippen MR) is 79.4 cm³/mol. The summed E-state index contributed by atoms with van der Waals surface area (Å²) in [5.41, 5.74) is 0.752. The van der Waals surface area contributed by atoms with Crippen LogP contribution in [-0.2, 0) is 6.42 Å². The van der Waals surface area contributed by atoms with Crippen molar-refractivity contribution in [2.75, 3.05) is 0 Å². The third-order valence-corrected chi connectivity index (χ3v) is 3.60. The summed E-state index contributed by atoms with van der Waals surface area (Å²) in [6, 6.07) is 1.69. The maximum absolute atomic E-state index is 14.3. The van der Waals surface area contributed by atoms with E-state index in [1.165, 1.54) is 10.8 Å². The number of halogens is 3. The summed E-state index contributed by atoms with van der Waals surface area (Å²) in [4.78, 5) is 8.25. The van der Waals surface area contributed by atoms with Crippen LogP contribution in [0.2, 0.25) is 0 Å². The van der Waals surface area contributed by atoms with E-state index in [0.29, 0.717) is 23.6 Å². The van der Waals surface area contributed by atoms with Crippen LogP contribution in [-0.4, -0.2) is 19.6 Å². The van der Waals surface area contributed by atoms with E-state index in [0.717, 1.165) is 12.1 Å². The molecule has 0 bridgehead atoms. The Morgan fingerprint density at radius 3 is 2.48 bits per heavy atom. The molecule has 0 saturated heterocycles. The van der Waals surface area contributed by atoms with Crippen LogP contribution in [0.4, 0.5) is 13.2 Å². The van der Waals surface area contributed by atoms with Crippen molar-refractivity contribution in [2.24, 2.45) is 5.92 Å². The zero-order chi connectivity index (χ0) is 16.7. The number of aromatic nitrogens is 4. The third-order valence-electron chi connectivity index (χ3n) is 3.60. The summed E-state index contributed by atoms with van der Waals surface area (Å²) in [5, 5.41) is 4.09. The SMILES string of the molecule is Cc1nc2ncnn2c(CC(C)C)c1-c1c(F)ccc(F)c1F. The Hall–Kier alpha value is -2.44. The topological polar surface area (TPSA) is 43.1 Å². The summed E-state index contributed by atoms with van der Waals surface area (Å²) >= 11 is 0. The predicted octanol–water partition coefficient (Wildman–Crippen LogP) is 3.72. The van der Waals surface area contributed by atoms with Crippen molar-refractivity contribution in [3.05, 3.63) is 47.3 Å². The van der Waals surface area contributed by atoms with Crippen molar-refractivity contribution in [3.8, 4) is 11.1 Å². The molecular formula is C16H15F3N4. The lowest BCUT2D eigenvalue weighted by Gasteiger charge is -2.16. The number of hydrogen-bond acceptors (Lipinski definition) is 3. The van der Waals surface area contributed by atoms with Crippen LogP contribution in [0.1, 0.15) is 25.2 Å². The van der Waals surface area contributed by atoms with Gasteiger partial charge in [0.05, 0.1) is 17.0 Å². The van der Waals surface area contributed by atoms with E-state index in [2.05, 4.69) is 15.1 Å². The van der Waals surface area contributed by atoms with E-state index in [-0.39, 0.29) is 11.5 Å². The number of hydrogen-bond donors (Lipinski definition) is 0. The normalized spacial score (nSPS) is 11.6. The second-order valence-electron chi connectivity index (χ2n) is 5.81. The standard InChI is InChI=1S/C16H15F3N4/c1-8(2)6-12-13(9(3)22-16-20-7-21-23(12)16)14-10(17)4-5-11(18)15(14)19/h4-5,7-8H,6H2,1-3H3. The van der Waals surface area contributed by atoms with Gasteiger partial charge in [0, 0.05) is 5.56 Å². The van der Waals surface area contributed by atoms with Gasteiger partial charge in [-0.2, -0.15) is 10.1 Å². The monoisotopic (exact) mass is 320 g/mol. The van der Waals surface area contributed by atoms with Gasteiger partial charge in [0.25, 0.3) is 5.78 Å². The fourth-order valence-electron chi connectivity index (χ4n) is 2.68. The molecule has 23 heavy (non-hydrogen) atoms. The van der Waals surface area contributed by atoms with Crippen molar-refractivity contribution in [2.45, 2.75) is 27.2 Å². The first kappa shape index (κ1) is 15.5. The maximum atomic E-state index is 14.3. The van der Waals surface area contributed by atoms with Gasteiger partial charge < -0.3 is 0 Å². The van der Waals surface area contributed by atoms with Crippen molar-refractivity contribution in [3.63, 3.8) is 0 Å². The zero-order valence-corrected chi connectivity index (χ0v) is 12.9. The summed E-state index contributed by atoms with van der Waals surface area (Å²) in [5.74, 6) is -2.62. The minimum absolute atomic E-state index is 0.197. The van der Waals surface area contributed by atoms with Crippen LogP contribution >= 0.6 is 0 Å². The first-order chi connectivity index (χ1) is 10.9. The van der Waals surface area contributed by atoms with E-state index in [1.54, 1.807) is 6.92 Å². The molecule has 2 aromatic heterocycles. The molecular weight excluding hydrogens is 305 g/mol. The van der Waals surface area contributed by atoms with Crippen molar-refractivity contribution >= 4 is 5.78 Å². The zero-order valence-electron chi connectivity index (χ0n) is 12.9. The number of benzene rings is 1. The molecule has 120 valence electrons. The highest BCUT2D eigenvalue weighted by atomic mass is 19.2. The molecule has 4 nitrogen and oxygen atoms in total. The van der Waals surface area contributed by atoms with Gasteiger partial charge in [-0.1, -0.05) is 13.8 Å². The fraction of sp³-hybridized carbons (Fsp3) is 0.312. The van der Waals surface area contributed by atoms with Crippen molar-refractivity contribution in [1.82, 2.24) is 19.6 Å². The molecule has 0 saturated carbocycles. The molecule has 2 heterocycles. The highest BCUT2D eigenvalue weighted by Crippen LogP contribution is 2.33. The molecule has 0 N–H and O–H groups in total. The van der Waals surface area contributed by atoms with E-state index in [1.807, 2.05) is 13.8 Å². The van der Waals surface area contributed by atoms with Gasteiger partial charge >= 0.3 is 0 Å². The van der Waals surface area contributed by atoms with Gasteiger partial charge in [-0.25, -0.2) is 22.7 Å². The maximum Gasteiger partial charge on any atom is 0.252 e. The second-order valence-corrected chi connectivity index (χ2v) is 5.81. The first-order valence-corrected chi connectivity index (χ1v) is 7.23. The highest BCUT2D eigenvalue weighted by molar-refractivity contribution is 5.71. The Bertz CT molecular complexity index is 887. The Balaban J connectivity index is 2.41. The largest absolute Gasteiger partial charge is 0.252 e. The van der Waals surface area contributed by atoms with Gasteiger partial charge in [-0.3, -0.25) is 0 Å². The molecule has 0 aliphatic heterocycles. The average Bonchev–Trinajstić information content (AvgIpc) is 2.93. The molecule has 0 aliphatic carbocycles. The Morgan fingerprint density at radius 2 is 1.78 bits per heavy atom. The lowest BCUT2D eigenvalue weighted by atomic mass is 9.96. The lowest BCUT2D eigenvalue weighted by Crippen LogP contribution is -2.11. The highest BCUT2D eigenvalue weighted by Gasteiger charge is 2.24. The molecule has 0 radical (unpaired) electrons. The van der Waals surface area contributed by atoms with Crippen molar-refractivity contribution in [1.29, 1.82) is 0 Å². The summed E-state index contributed by atoms with van der Waals surface area (Å²) in [7, 11) is 0. The first-order valence-electron chi connectivity index (χ1n) is 7.23. The van der Waals surface area contributed by atoms with Gasteiger partial charge in [0.1, 0.15) is 12.1 Å². The molecule has 3 rings (SSSR count). The minimum Gasteiger partial charge on any atom is -0.216 e. The summed E-state index contributed by atoms with van der Waals surface area (Å²) in [6.45, 7) is 5.57. The molecule has 0 aliphatic rings. The molecule has 7 heteroatoms. The van der Waals surface area contributed by atoms with Gasteiger partial charge in [0.15, 0.2) is 11.6 Å². The number of nitrogens with zero attached hydrogens (tertiary/aromatic N) is 4. The van der Waals surface area contributed by atoms with Crippen LogP contribution < -0.4 is 0 Å². The number of rotatable bonds is 3. The molecule has 0 unspecified atom stereocenters. The van der Waals surface area contributed by atoms with E-state index in [4.69, 9.17) is 0 Å². The Labute approximate surface area is 131 Å². The second kappa shape index (κ2) is 5.64. The molecule has 0 fully saturated rings. The average molecular weight is 320 g/mol. The van der Waals surface area contributed by atoms with Crippen LogP contribution in [0.25, 0.3) is 16.9 Å². The van der Waals surface area contributed by atoms with Crippen LogP contribution in [0.5, 0.6) is 0 Å². The molecule has 0 atom stereocenters. The third kappa shape index (κ3) is 2.56. The minimum atomic E-state index is -1.22. The quantitative estimate of drug-likeness (QED) is 0.691. The Kier molecular flexibility index (Phi) is 3.79. The molecule has 3 aromatic rings. The fourth-order valence-corrected chi connectivity index (χ4v) is 2.68. The van der Waals surface area contributed by atoms with Crippen LogP contribution in [0, 0.1) is 30.3 Å².